The number of fused-ring (bicyclic) bond motifs is 1. The molecule has 0 bridgehead atoms. The summed E-state index contributed by atoms with van der Waals surface area (Å²) in [5, 5.41) is 3.63. The molecule has 1 aliphatic heterocycles. The van der Waals surface area contributed by atoms with Crippen molar-refractivity contribution in [3.8, 4) is 0 Å². The van der Waals surface area contributed by atoms with Gasteiger partial charge in [-0.05, 0) is 30.7 Å². The van der Waals surface area contributed by atoms with E-state index in [-0.39, 0.29) is 6.03 Å². The predicted molar refractivity (Wildman–Crippen MR) is 150 cm³/mol. The zero-order valence-electron chi connectivity index (χ0n) is 21.2. The van der Waals surface area contributed by atoms with Crippen molar-refractivity contribution in [3.63, 3.8) is 0 Å². The Morgan fingerprint density at radius 2 is 1.71 bits per heavy atom. The first kappa shape index (κ1) is 25.9. The number of aromatic nitrogens is 4. The minimum absolute atomic E-state index is 0.243. The number of imidazole rings is 1. The highest BCUT2D eigenvalue weighted by Crippen LogP contribution is 2.26. The smallest absolute Gasteiger partial charge is 0.332 e. The lowest BCUT2D eigenvalue weighted by atomic mass is 10.1. The third-order valence-electron chi connectivity index (χ3n) is 6.77. The van der Waals surface area contributed by atoms with Crippen molar-refractivity contribution >= 4 is 52.0 Å². The number of rotatable bonds is 4. The van der Waals surface area contributed by atoms with Gasteiger partial charge in [-0.15, -0.1) is 0 Å². The molecule has 198 valence electrons. The highest BCUT2D eigenvalue weighted by molar-refractivity contribution is 6.42. The molecule has 38 heavy (non-hydrogen) atoms. The predicted octanol–water partition coefficient (Wildman–Crippen LogP) is 3.45. The molecular weight excluding hydrogens is 529 g/mol. The Hall–Kier alpha value is -3.76. The van der Waals surface area contributed by atoms with Crippen LogP contribution in [0.2, 0.25) is 10.0 Å². The van der Waals surface area contributed by atoms with E-state index in [1.54, 1.807) is 30.1 Å². The molecule has 2 aromatic carbocycles. The zero-order valence-corrected chi connectivity index (χ0v) is 22.8. The van der Waals surface area contributed by atoms with E-state index in [0.29, 0.717) is 65.6 Å². The fourth-order valence-corrected chi connectivity index (χ4v) is 5.00. The normalized spacial score (nSPS) is 13.8. The first-order valence-electron chi connectivity index (χ1n) is 12.1. The van der Waals surface area contributed by atoms with Crippen LogP contribution in [0.5, 0.6) is 0 Å². The maximum atomic E-state index is 13.2. The number of nitrogens with zero attached hydrogens (tertiary/aromatic N) is 6. The van der Waals surface area contributed by atoms with E-state index in [1.165, 1.54) is 11.6 Å². The molecule has 5 rings (SSSR count). The third-order valence-corrected chi connectivity index (χ3v) is 7.51. The van der Waals surface area contributed by atoms with E-state index >= 15 is 0 Å². The molecule has 12 heteroatoms. The number of urea groups is 1. The van der Waals surface area contributed by atoms with Gasteiger partial charge in [-0.25, -0.2) is 9.59 Å². The second kappa shape index (κ2) is 10.2. The number of carbonyl (C=O) groups excluding carboxylic acids is 1. The molecule has 1 aliphatic rings. The Labute approximate surface area is 228 Å². The molecular formula is C26H27Cl2N7O3. The van der Waals surface area contributed by atoms with Crippen LogP contribution >= 0.6 is 23.2 Å². The van der Waals surface area contributed by atoms with Crippen LogP contribution in [0.3, 0.4) is 0 Å². The van der Waals surface area contributed by atoms with Crippen LogP contribution in [-0.4, -0.2) is 55.8 Å². The average Bonchev–Trinajstić information content (AvgIpc) is 3.27. The lowest BCUT2D eigenvalue weighted by Crippen LogP contribution is -2.50. The van der Waals surface area contributed by atoms with Gasteiger partial charge in [0.15, 0.2) is 11.2 Å². The van der Waals surface area contributed by atoms with Crippen LogP contribution in [0.25, 0.3) is 11.2 Å². The van der Waals surface area contributed by atoms with Crippen LogP contribution in [0, 0.1) is 6.92 Å². The average molecular weight is 556 g/mol. The molecule has 1 saturated heterocycles. The van der Waals surface area contributed by atoms with E-state index in [2.05, 4.69) is 11.4 Å². The van der Waals surface area contributed by atoms with Gasteiger partial charge in [0.25, 0.3) is 5.56 Å². The summed E-state index contributed by atoms with van der Waals surface area (Å²) in [7, 11) is 3.09. The summed E-state index contributed by atoms with van der Waals surface area (Å²) < 4.78 is 4.37. The van der Waals surface area contributed by atoms with E-state index < -0.39 is 11.2 Å². The Morgan fingerprint density at radius 3 is 2.39 bits per heavy atom. The molecule has 1 fully saturated rings. The van der Waals surface area contributed by atoms with E-state index in [0.717, 1.165) is 15.7 Å². The Morgan fingerprint density at radius 1 is 0.974 bits per heavy atom. The molecule has 1 N–H and O–H groups in total. The lowest BCUT2D eigenvalue weighted by molar-refractivity contribution is 0.208. The number of carbonyl (C=O) groups is 1. The summed E-state index contributed by atoms with van der Waals surface area (Å²) >= 11 is 12.0. The standard InChI is InChI=1S/C26H27Cl2N7O3/c1-16-5-4-6-17(13-16)15-35-21-22(31(2)26(38)32(3)23(21)36)30-24(35)33-9-11-34(12-10-33)25(37)29-18-7-8-19(27)20(28)14-18/h4-8,13-14H,9-12,15H2,1-3H3,(H,29,37). The lowest BCUT2D eigenvalue weighted by Gasteiger charge is -2.35. The first-order valence-corrected chi connectivity index (χ1v) is 12.9. The SMILES string of the molecule is Cc1cccc(Cn2c(N3CCN(C(=O)Nc4ccc(Cl)c(Cl)c4)CC3)nc3c2c(=O)n(C)c(=O)n3C)c1. The van der Waals surface area contributed by atoms with Crippen molar-refractivity contribution in [1.29, 1.82) is 0 Å². The van der Waals surface area contributed by atoms with E-state index in [4.69, 9.17) is 28.2 Å². The minimum Gasteiger partial charge on any atom is -0.339 e. The topological polar surface area (TPSA) is 97.4 Å². The number of nitrogens with one attached hydrogen (secondary N) is 1. The van der Waals surface area contributed by atoms with Crippen molar-refractivity contribution in [2.75, 3.05) is 36.4 Å². The number of halogens is 2. The number of benzene rings is 2. The number of aryl methyl sites for hydroxylation is 2. The number of amides is 2. The van der Waals surface area contributed by atoms with Crippen molar-refractivity contribution in [2.24, 2.45) is 14.1 Å². The molecule has 0 unspecified atom stereocenters. The Bertz CT molecular complexity index is 1670. The van der Waals surface area contributed by atoms with Crippen molar-refractivity contribution in [2.45, 2.75) is 13.5 Å². The maximum Gasteiger partial charge on any atom is 0.332 e. The molecule has 3 heterocycles. The highest BCUT2D eigenvalue weighted by Gasteiger charge is 2.27. The summed E-state index contributed by atoms with van der Waals surface area (Å²) in [5.41, 5.74) is 2.55. The van der Waals surface area contributed by atoms with Gasteiger partial charge in [-0.3, -0.25) is 18.5 Å². The number of piperazine rings is 1. The van der Waals surface area contributed by atoms with E-state index in [1.807, 2.05) is 34.6 Å². The largest absolute Gasteiger partial charge is 0.339 e. The maximum absolute atomic E-state index is 13.2. The first-order chi connectivity index (χ1) is 18.1. The molecule has 10 nitrogen and oxygen atoms in total. The van der Waals surface area contributed by atoms with Crippen LogP contribution in [0.1, 0.15) is 11.1 Å². The highest BCUT2D eigenvalue weighted by atomic mass is 35.5. The molecule has 0 radical (unpaired) electrons. The van der Waals surface area contributed by atoms with Crippen LogP contribution in [-0.2, 0) is 20.6 Å². The quantitative estimate of drug-likeness (QED) is 0.416. The summed E-state index contributed by atoms with van der Waals surface area (Å²) in [4.78, 5) is 47.2. The van der Waals surface area contributed by atoms with Gasteiger partial charge in [0.05, 0.1) is 16.6 Å². The molecule has 0 aliphatic carbocycles. The second-order valence-electron chi connectivity index (χ2n) is 9.40. The van der Waals surface area contributed by atoms with Crippen molar-refractivity contribution < 1.29 is 4.79 Å². The van der Waals surface area contributed by atoms with Crippen LogP contribution < -0.4 is 21.5 Å². The van der Waals surface area contributed by atoms with Gasteiger partial charge in [0, 0.05) is 46.0 Å². The molecule has 0 spiro atoms. The second-order valence-corrected chi connectivity index (χ2v) is 10.2. The molecule has 0 saturated carbocycles. The Balaban J connectivity index is 1.44. The molecule has 0 atom stereocenters. The van der Waals surface area contributed by atoms with Crippen LogP contribution in [0.15, 0.2) is 52.1 Å². The fourth-order valence-electron chi connectivity index (χ4n) is 4.71. The summed E-state index contributed by atoms with van der Waals surface area (Å²) in [6.45, 7) is 4.32. The van der Waals surface area contributed by atoms with Gasteiger partial charge < -0.3 is 15.1 Å². The summed E-state index contributed by atoms with van der Waals surface area (Å²) in [6, 6.07) is 12.7. The molecule has 4 aromatic rings. The van der Waals surface area contributed by atoms with Gasteiger partial charge in [0.1, 0.15) is 0 Å². The monoisotopic (exact) mass is 555 g/mol. The number of anilines is 2. The Kier molecular flexibility index (Phi) is 6.93. The number of hydrogen-bond acceptors (Lipinski definition) is 5. The number of hydrogen-bond donors (Lipinski definition) is 1. The van der Waals surface area contributed by atoms with Crippen LogP contribution in [0.4, 0.5) is 16.4 Å². The van der Waals surface area contributed by atoms with Gasteiger partial charge in [-0.2, -0.15) is 4.98 Å². The zero-order chi connectivity index (χ0) is 27.1. The van der Waals surface area contributed by atoms with Crippen molar-refractivity contribution in [3.05, 3.63) is 84.5 Å². The van der Waals surface area contributed by atoms with Gasteiger partial charge in [-0.1, -0.05) is 53.0 Å². The fraction of sp³-hybridized carbons (Fsp3) is 0.308. The van der Waals surface area contributed by atoms with E-state index in [9.17, 15) is 14.4 Å². The van der Waals surface area contributed by atoms with Gasteiger partial charge >= 0.3 is 11.7 Å². The summed E-state index contributed by atoms with van der Waals surface area (Å²) in [6.07, 6.45) is 0. The van der Waals surface area contributed by atoms with Gasteiger partial charge in [0.2, 0.25) is 5.95 Å². The molecule has 2 amide bonds. The minimum atomic E-state index is -0.432. The summed E-state index contributed by atoms with van der Waals surface area (Å²) in [5.74, 6) is 0.587. The molecule has 2 aromatic heterocycles. The third kappa shape index (κ3) is 4.77. The van der Waals surface area contributed by atoms with Crippen molar-refractivity contribution in [1.82, 2.24) is 23.6 Å².